The first-order valence-electron chi connectivity index (χ1n) is 4.05. The highest BCUT2D eigenvalue weighted by atomic mass is 19.3. The first-order chi connectivity index (χ1) is 6.24. The molecule has 0 aliphatic rings. The summed E-state index contributed by atoms with van der Waals surface area (Å²) in [5.74, 6) is -0.359. The van der Waals surface area contributed by atoms with Crippen molar-refractivity contribution in [2.45, 2.75) is 19.8 Å². The fraction of sp³-hybridized carbons (Fsp3) is 0.714. The molecule has 0 spiro atoms. The molecule has 0 fully saturated rings. The molecule has 1 heterocycles. The third kappa shape index (κ3) is 3.06. The molecule has 1 aromatic heterocycles. The Morgan fingerprint density at radius 3 is 2.77 bits per heavy atom. The minimum Gasteiger partial charge on any atom is -0.420 e. The Kier molecular flexibility index (Phi) is 3.75. The molecule has 1 aromatic rings. The van der Waals surface area contributed by atoms with E-state index in [2.05, 4.69) is 19.9 Å². The van der Waals surface area contributed by atoms with Crippen LogP contribution in [0.4, 0.5) is 8.78 Å². The number of nitrogens with one attached hydrogen (secondary N) is 1. The van der Waals surface area contributed by atoms with E-state index < -0.39 is 12.3 Å². The largest absolute Gasteiger partial charge is 0.420 e. The number of hydrogen-bond donors (Lipinski definition) is 1. The van der Waals surface area contributed by atoms with Crippen molar-refractivity contribution in [1.29, 1.82) is 0 Å². The maximum absolute atomic E-state index is 12.0. The molecule has 0 saturated heterocycles. The van der Waals surface area contributed by atoms with Crippen molar-refractivity contribution in [1.82, 2.24) is 15.5 Å². The molecule has 0 aliphatic heterocycles. The van der Waals surface area contributed by atoms with Gasteiger partial charge in [-0.1, -0.05) is 6.92 Å². The zero-order valence-corrected chi connectivity index (χ0v) is 7.26. The second kappa shape index (κ2) is 4.86. The third-order valence-corrected chi connectivity index (χ3v) is 1.43. The predicted octanol–water partition coefficient (Wildman–Crippen LogP) is 1.16. The van der Waals surface area contributed by atoms with E-state index in [1.807, 2.05) is 6.92 Å². The molecule has 0 saturated carbocycles. The average molecular weight is 191 g/mol. The van der Waals surface area contributed by atoms with Crippen molar-refractivity contribution < 1.29 is 13.2 Å². The highest BCUT2D eigenvalue weighted by Gasteiger charge is 2.15. The summed E-state index contributed by atoms with van der Waals surface area (Å²) >= 11 is 0. The van der Waals surface area contributed by atoms with Gasteiger partial charge in [0.2, 0.25) is 5.89 Å². The van der Waals surface area contributed by atoms with Gasteiger partial charge >= 0.3 is 6.43 Å². The zero-order chi connectivity index (χ0) is 9.68. The number of hydrogen-bond acceptors (Lipinski definition) is 4. The third-order valence-electron chi connectivity index (χ3n) is 1.43. The van der Waals surface area contributed by atoms with Crippen LogP contribution < -0.4 is 5.32 Å². The summed E-state index contributed by atoms with van der Waals surface area (Å²) in [7, 11) is 0. The fourth-order valence-corrected chi connectivity index (χ4v) is 0.828. The Bertz CT molecular complexity index is 252. The minimum absolute atomic E-state index is 0.247. The van der Waals surface area contributed by atoms with E-state index in [1.54, 1.807) is 0 Å². The monoisotopic (exact) mass is 191 g/mol. The Morgan fingerprint density at radius 2 is 2.23 bits per heavy atom. The second-order valence-corrected chi connectivity index (χ2v) is 2.44. The molecule has 74 valence electrons. The van der Waals surface area contributed by atoms with Crippen LogP contribution in [0.5, 0.6) is 0 Å². The van der Waals surface area contributed by atoms with Crippen LogP contribution in [0.2, 0.25) is 0 Å². The maximum Gasteiger partial charge on any atom is 0.314 e. The number of nitrogens with zero attached hydrogens (tertiary/aromatic N) is 2. The molecule has 1 N–H and O–H groups in total. The Hall–Kier alpha value is -1.04. The quantitative estimate of drug-likeness (QED) is 0.709. The van der Waals surface area contributed by atoms with Crippen LogP contribution in [0.25, 0.3) is 0 Å². The molecule has 1 rings (SSSR count). The lowest BCUT2D eigenvalue weighted by Gasteiger charge is -1.95. The van der Waals surface area contributed by atoms with Crippen molar-refractivity contribution in [3.63, 3.8) is 0 Å². The topological polar surface area (TPSA) is 51.0 Å². The number of alkyl halides is 2. The zero-order valence-electron chi connectivity index (χ0n) is 7.26. The van der Waals surface area contributed by atoms with Gasteiger partial charge in [-0.05, 0) is 6.54 Å². The molecule has 0 bridgehead atoms. The van der Waals surface area contributed by atoms with Crippen LogP contribution in [0.15, 0.2) is 4.42 Å². The molecule has 0 aliphatic carbocycles. The van der Waals surface area contributed by atoms with Gasteiger partial charge in [0.05, 0.1) is 0 Å². The van der Waals surface area contributed by atoms with Gasteiger partial charge in [-0.2, -0.15) is 8.78 Å². The summed E-state index contributed by atoms with van der Waals surface area (Å²) in [5.41, 5.74) is 0. The summed E-state index contributed by atoms with van der Waals surface area (Å²) in [5, 5.41) is 9.69. The number of likely N-dealkylation sites (N-methyl/N-ethyl adjacent to an activating group) is 1. The highest BCUT2D eigenvalue weighted by Crippen LogP contribution is 2.16. The van der Waals surface area contributed by atoms with Crippen LogP contribution >= 0.6 is 0 Å². The van der Waals surface area contributed by atoms with Crippen LogP contribution in [-0.4, -0.2) is 23.3 Å². The van der Waals surface area contributed by atoms with E-state index in [0.717, 1.165) is 6.54 Å². The summed E-state index contributed by atoms with van der Waals surface area (Å²) in [4.78, 5) is 0. The SMILES string of the molecule is CCNCCc1nnc(C(F)F)o1. The van der Waals surface area contributed by atoms with E-state index in [1.165, 1.54) is 0 Å². The van der Waals surface area contributed by atoms with Crippen LogP contribution in [-0.2, 0) is 6.42 Å². The highest BCUT2D eigenvalue weighted by molar-refractivity contribution is 4.83. The molecular formula is C7H11F2N3O. The van der Waals surface area contributed by atoms with Gasteiger partial charge in [0, 0.05) is 13.0 Å². The maximum atomic E-state index is 12.0. The second-order valence-electron chi connectivity index (χ2n) is 2.44. The summed E-state index contributed by atoms with van der Waals surface area (Å²) in [6.45, 7) is 3.44. The van der Waals surface area contributed by atoms with Crippen molar-refractivity contribution in [2.24, 2.45) is 0 Å². The van der Waals surface area contributed by atoms with E-state index in [4.69, 9.17) is 0 Å². The molecule has 0 aromatic carbocycles. The van der Waals surface area contributed by atoms with E-state index in [-0.39, 0.29) is 5.89 Å². The fourth-order valence-electron chi connectivity index (χ4n) is 0.828. The number of aromatic nitrogens is 2. The normalized spacial score (nSPS) is 11.1. The molecule has 13 heavy (non-hydrogen) atoms. The van der Waals surface area contributed by atoms with E-state index in [9.17, 15) is 8.78 Å². The summed E-state index contributed by atoms with van der Waals surface area (Å²) in [6, 6.07) is 0. The molecule has 0 unspecified atom stereocenters. The van der Waals surface area contributed by atoms with Crippen LogP contribution in [0, 0.1) is 0 Å². The van der Waals surface area contributed by atoms with Gasteiger partial charge in [0.25, 0.3) is 5.89 Å². The Labute approximate surface area is 74.3 Å². The molecule has 6 heteroatoms. The lowest BCUT2D eigenvalue weighted by molar-refractivity contribution is 0.113. The number of rotatable bonds is 5. The standard InChI is InChI=1S/C7H11F2N3O/c1-2-10-4-3-5-11-12-7(13-5)6(8)9/h6,10H,2-4H2,1H3. The van der Waals surface area contributed by atoms with E-state index in [0.29, 0.717) is 13.0 Å². The van der Waals surface area contributed by atoms with Gasteiger partial charge in [-0.15, -0.1) is 10.2 Å². The predicted molar refractivity (Wildman–Crippen MR) is 41.5 cm³/mol. The van der Waals surface area contributed by atoms with Gasteiger partial charge in [0.15, 0.2) is 0 Å². The Morgan fingerprint density at radius 1 is 1.46 bits per heavy atom. The van der Waals surface area contributed by atoms with Gasteiger partial charge in [0.1, 0.15) is 0 Å². The van der Waals surface area contributed by atoms with E-state index >= 15 is 0 Å². The number of halogens is 2. The van der Waals surface area contributed by atoms with Crippen molar-refractivity contribution in [3.8, 4) is 0 Å². The molecule has 0 radical (unpaired) electrons. The molecule has 4 nitrogen and oxygen atoms in total. The lowest BCUT2D eigenvalue weighted by Crippen LogP contribution is -2.16. The molecule has 0 amide bonds. The molecular weight excluding hydrogens is 180 g/mol. The summed E-state index contributed by atoms with van der Waals surface area (Å²) < 4.78 is 28.6. The summed E-state index contributed by atoms with van der Waals surface area (Å²) in [6.07, 6.45) is -2.20. The van der Waals surface area contributed by atoms with Gasteiger partial charge < -0.3 is 9.73 Å². The van der Waals surface area contributed by atoms with Gasteiger partial charge in [-0.25, -0.2) is 0 Å². The lowest BCUT2D eigenvalue weighted by atomic mass is 10.4. The Balaban J connectivity index is 2.40. The van der Waals surface area contributed by atoms with Crippen LogP contribution in [0.1, 0.15) is 25.1 Å². The van der Waals surface area contributed by atoms with Crippen molar-refractivity contribution in [2.75, 3.05) is 13.1 Å². The van der Waals surface area contributed by atoms with Crippen molar-refractivity contribution in [3.05, 3.63) is 11.8 Å². The average Bonchev–Trinajstić information content (AvgIpc) is 2.53. The van der Waals surface area contributed by atoms with Gasteiger partial charge in [-0.3, -0.25) is 0 Å². The van der Waals surface area contributed by atoms with Crippen LogP contribution in [0.3, 0.4) is 0 Å². The first kappa shape index (κ1) is 10.0. The minimum atomic E-state index is -2.68. The smallest absolute Gasteiger partial charge is 0.314 e. The first-order valence-corrected chi connectivity index (χ1v) is 4.05. The van der Waals surface area contributed by atoms with Crippen molar-refractivity contribution >= 4 is 0 Å². The molecule has 0 atom stereocenters.